The van der Waals surface area contributed by atoms with Gasteiger partial charge in [0.15, 0.2) is 0 Å². The lowest BCUT2D eigenvalue weighted by atomic mass is 10.2. The largest absolute Gasteiger partial charge is 0.494 e. The van der Waals surface area contributed by atoms with Gasteiger partial charge in [0.25, 0.3) is 0 Å². The fourth-order valence-corrected chi connectivity index (χ4v) is 5.13. The van der Waals surface area contributed by atoms with E-state index in [9.17, 15) is 24.0 Å². The number of hydrogen-bond donors (Lipinski definition) is 5. The number of nitrogens with zero attached hydrogens (tertiary/aromatic N) is 2. The predicted molar refractivity (Wildman–Crippen MR) is 186 cm³/mol. The van der Waals surface area contributed by atoms with Crippen molar-refractivity contribution in [3.8, 4) is 5.75 Å². The summed E-state index contributed by atoms with van der Waals surface area (Å²) in [5, 5.41) is 41.0. The zero-order valence-corrected chi connectivity index (χ0v) is 28.3. The molecule has 0 saturated carbocycles. The van der Waals surface area contributed by atoms with Crippen molar-refractivity contribution in [1.82, 2.24) is 9.80 Å². The maximum absolute atomic E-state index is 11.0. The van der Waals surface area contributed by atoms with Crippen LogP contribution in [0.15, 0.2) is 107 Å². The monoisotopic (exact) mass is 728 g/mol. The lowest BCUT2D eigenvalue weighted by Gasteiger charge is -2.34. The quantitative estimate of drug-likeness (QED) is 0.107. The molecule has 0 aromatic heterocycles. The van der Waals surface area contributed by atoms with Crippen LogP contribution in [-0.2, 0) is 25.7 Å². The van der Waals surface area contributed by atoms with Crippen molar-refractivity contribution in [2.45, 2.75) is 22.8 Å². The van der Waals surface area contributed by atoms with Crippen molar-refractivity contribution in [3.05, 3.63) is 113 Å². The smallest absolute Gasteiger partial charge is 0.335 e. The lowest BCUT2D eigenvalue weighted by Crippen LogP contribution is -2.46. The minimum absolute atomic E-state index is 0.299. The molecule has 5 N–H and O–H groups in total. The van der Waals surface area contributed by atoms with Crippen molar-refractivity contribution in [3.63, 3.8) is 0 Å². The van der Waals surface area contributed by atoms with Crippen LogP contribution in [0.1, 0.15) is 22.3 Å². The second kappa shape index (κ2) is 22.5. The Kier molecular flexibility index (Phi) is 18.4. The zero-order chi connectivity index (χ0) is 36.9. The van der Waals surface area contributed by atoms with Crippen LogP contribution in [0.2, 0.25) is 5.02 Å². The highest BCUT2D eigenvalue weighted by molar-refractivity contribution is 7.99. The first kappa shape index (κ1) is 41.0. The fourth-order valence-electron chi connectivity index (χ4n) is 4.19. The topological polar surface area (TPSA) is 202 Å². The summed E-state index contributed by atoms with van der Waals surface area (Å²) in [7, 11) is 0. The Morgan fingerprint density at radius 3 is 1.52 bits per heavy atom. The maximum Gasteiger partial charge on any atom is 0.335 e. The summed E-state index contributed by atoms with van der Waals surface area (Å²) in [6.45, 7) is 7.09. The molecule has 3 aromatic carbocycles. The molecule has 0 radical (unpaired) electrons. The van der Waals surface area contributed by atoms with E-state index in [0.29, 0.717) is 36.5 Å². The van der Waals surface area contributed by atoms with Crippen molar-refractivity contribution in [2.75, 3.05) is 39.3 Å². The normalized spacial score (nSPS) is 13.1. The molecule has 0 unspecified atom stereocenters. The standard InChI is InChI=1S/C27H29ClN2O3S.2C4H4O4/c28-23-6-2-21(3-7-23)20-30-17-15-29(16-18-30)14-1-19-33-24-8-12-26(13-9-24)34-25-10-4-22(5-11-25)27(31)32;2*5-3(6)1-2-4(7)8/h2-13H,1,14-20H2,(H,31,32);2*1-2H,(H,5,6)(H,7,8)/b;2*2-1-. The summed E-state index contributed by atoms with van der Waals surface area (Å²) in [6.07, 6.45) is 3.24. The Labute approximate surface area is 297 Å². The summed E-state index contributed by atoms with van der Waals surface area (Å²) < 4.78 is 5.93. The number of piperazine rings is 1. The van der Waals surface area contributed by atoms with Crippen molar-refractivity contribution in [2.24, 2.45) is 0 Å². The van der Waals surface area contributed by atoms with E-state index < -0.39 is 29.8 Å². The minimum atomic E-state index is -1.26. The summed E-state index contributed by atoms with van der Waals surface area (Å²) in [5.74, 6) is -5.06. The average molecular weight is 729 g/mol. The van der Waals surface area contributed by atoms with E-state index in [0.717, 1.165) is 66.3 Å². The summed E-state index contributed by atoms with van der Waals surface area (Å²) in [6, 6.07) is 23.1. The van der Waals surface area contributed by atoms with Gasteiger partial charge >= 0.3 is 29.8 Å². The first-order chi connectivity index (χ1) is 23.8. The van der Waals surface area contributed by atoms with Crippen LogP contribution in [0.3, 0.4) is 0 Å². The Morgan fingerprint density at radius 2 is 1.08 bits per heavy atom. The van der Waals surface area contributed by atoms with E-state index in [2.05, 4.69) is 21.9 Å². The Bertz CT molecular complexity index is 1540. The number of carboxylic acid groups (broad SMARTS) is 5. The number of carbonyl (C=O) groups is 5. The fraction of sp³-hybridized carbons (Fsp3) is 0.229. The van der Waals surface area contributed by atoms with E-state index in [-0.39, 0.29) is 0 Å². The van der Waals surface area contributed by atoms with Crippen LogP contribution in [0.5, 0.6) is 5.75 Å². The molecule has 50 heavy (non-hydrogen) atoms. The molecule has 1 saturated heterocycles. The van der Waals surface area contributed by atoms with Crippen LogP contribution in [0.25, 0.3) is 0 Å². The molecule has 1 aliphatic heterocycles. The van der Waals surface area contributed by atoms with Crippen LogP contribution >= 0.6 is 23.4 Å². The highest BCUT2D eigenvalue weighted by atomic mass is 35.5. The van der Waals surface area contributed by atoms with Crippen LogP contribution < -0.4 is 4.74 Å². The molecular formula is C35H37ClN2O11S. The predicted octanol–water partition coefficient (Wildman–Crippen LogP) is 5.20. The van der Waals surface area contributed by atoms with Gasteiger partial charge in [0, 0.05) is 78.4 Å². The lowest BCUT2D eigenvalue weighted by molar-refractivity contribution is -0.134. The molecule has 1 fully saturated rings. The van der Waals surface area contributed by atoms with Gasteiger partial charge in [0.1, 0.15) is 5.75 Å². The van der Waals surface area contributed by atoms with E-state index in [1.165, 1.54) is 5.56 Å². The van der Waals surface area contributed by atoms with Crippen molar-refractivity contribution < 1.29 is 54.2 Å². The van der Waals surface area contributed by atoms with E-state index >= 15 is 0 Å². The van der Waals surface area contributed by atoms with Gasteiger partial charge in [-0.25, -0.2) is 24.0 Å². The van der Waals surface area contributed by atoms with Crippen LogP contribution in [0.4, 0.5) is 0 Å². The van der Waals surface area contributed by atoms with Gasteiger partial charge in [0.2, 0.25) is 0 Å². The Balaban J connectivity index is 0.000000450. The first-order valence-corrected chi connectivity index (χ1v) is 16.2. The highest BCUT2D eigenvalue weighted by Gasteiger charge is 2.16. The molecule has 0 bridgehead atoms. The Hall–Kier alpha value is -5.15. The number of aromatic carboxylic acids is 1. The van der Waals surface area contributed by atoms with Crippen LogP contribution in [-0.4, -0.2) is 105 Å². The summed E-state index contributed by atoms with van der Waals surface area (Å²) in [4.78, 5) is 56.3. The van der Waals surface area contributed by atoms with Gasteiger partial charge in [-0.05, 0) is 72.6 Å². The molecule has 0 spiro atoms. The number of benzene rings is 3. The third-order valence-corrected chi connectivity index (χ3v) is 7.84. The molecule has 0 atom stereocenters. The highest BCUT2D eigenvalue weighted by Crippen LogP contribution is 2.29. The van der Waals surface area contributed by atoms with Crippen molar-refractivity contribution in [1.29, 1.82) is 0 Å². The minimum Gasteiger partial charge on any atom is -0.494 e. The maximum atomic E-state index is 11.0. The summed E-state index contributed by atoms with van der Waals surface area (Å²) >= 11 is 7.58. The molecule has 3 aromatic rings. The number of ether oxygens (including phenoxy) is 1. The van der Waals surface area contributed by atoms with Gasteiger partial charge < -0.3 is 35.2 Å². The Morgan fingerprint density at radius 1 is 0.640 bits per heavy atom. The first-order valence-electron chi connectivity index (χ1n) is 15.0. The molecule has 15 heteroatoms. The molecule has 13 nitrogen and oxygen atoms in total. The molecule has 0 amide bonds. The SMILES string of the molecule is O=C(O)/C=C\C(=O)O.O=C(O)/C=C\C(=O)O.O=C(O)c1ccc(Sc2ccc(OCCCN3CCN(Cc4ccc(Cl)cc4)CC3)cc2)cc1. The molecule has 1 aliphatic rings. The molecule has 266 valence electrons. The number of rotatable bonds is 14. The zero-order valence-electron chi connectivity index (χ0n) is 26.8. The van der Waals surface area contributed by atoms with Crippen molar-refractivity contribution >= 4 is 53.2 Å². The van der Waals surface area contributed by atoms with Gasteiger partial charge in [-0.3, -0.25) is 4.90 Å². The summed E-state index contributed by atoms with van der Waals surface area (Å²) in [5.41, 5.74) is 1.61. The number of carboxylic acids is 5. The van der Waals surface area contributed by atoms with Gasteiger partial charge in [-0.1, -0.05) is 35.5 Å². The number of aliphatic carboxylic acids is 4. The molecule has 1 heterocycles. The molecule has 0 aliphatic carbocycles. The van der Waals surface area contributed by atoms with Gasteiger partial charge in [-0.15, -0.1) is 0 Å². The number of hydrogen-bond acceptors (Lipinski definition) is 9. The average Bonchev–Trinajstić information content (AvgIpc) is 3.08. The number of halogens is 1. The third-order valence-electron chi connectivity index (χ3n) is 6.57. The van der Waals surface area contributed by atoms with Gasteiger partial charge in [-0.2, -0.15) is 0 Å². The van der Waals surface area contributed by atoms with E-state index in [1.54, 1.807) is 23.9 Å². The second-order valence-electron chi connectivity index (χ2n) is 10.4. The third kappa shape index (κ3) is 18.4. The second-order valence-corrected chi connectivity index (χ2v) is 12.0. The van der Waals surface area contributed by atoms with E-state index in [1.807, 2.05) is 48.5 Å². The van der Waals surface area contributed by atoms with Gasteiger partial charge in [0.05, 0.1) is 12.2 Å². The van der Waals surface area contributed by atoms with Crippen LogP contribution in [0, 0.1) is 0 Å². The molecule has 4 rings (SSSR count). The molecular weight excluding hydrogens is 692 g/mol. The van der Waals surface area contributed by atoms with E-state index in [4.69, 9.17) is 41.9 Å².